The Bertz CT molecular complexity index is 1100. The van der Waals surface area contributed by atoms with Crippen molar-refractivity contribution in [2.75, 3.05) is 19.8 Å². The lowest BCUT2D eigenvalue weighted by molar-refractivity contribution is 0.0733. The quantitative estimate of drug-likeness (QED) is 0.481. The highest BCUT2D eigenvalue weighted by Gasteiger charge is 2.27. The average molecular weight is 449 g/mol. The number of benzene rings is 2. The van der Waals surface area contributed by atoms with Gasteiger partial charge in [0.05, 0.1) is 19.3 Å². The second-order valence-electron chi connectivity index (χ2n) is 8.03. The smallest absolute Gasteiger partial charge is 0.150 e. The van der Waals surface area contributed by atoms with Gasteiger partial charge in [-0.2, -0.15) is 0 Å². The normalized spacial score (nSPS) is 19.5. The fourth-order valence-corrected chi connectivity index (χ4v) is 3.76. The molecule has 0 spiro atoms. The number of hydrogen-bond acceptors (Lipinski definition) is 6. The van der Waals surface area contributed by atoms with E-state index in [0.29, 0.717) is 31.2 Å². The van der Waals surface area contributed by atoms with E-state index in [-0.39, 0.29) is 18.8 Å². The Morgan fingerprint density at radius 3 is 2.42 bits per heavy atom. The van der Waals surface area contributed by atoms with Crippen LogP contribution >= 0.6 is 0 Å². The van der Waals surface area contributed by atoms with Crippen LogP contribution < -0.4 is 4.74 Å². The van der Waals surface area contributed by atoms with Gasteiger partial charge in [-0.3, -0.25) is 0 Å². The summed E-state index contributed by atoms with van der Waals surface area (Å²) in [6.45, 7) is 2.35. The molecule has 0 aliphatic carbocycles. The number of nitrogens with zero attached hydrogens (tertiary/aromatic N) is 2. The molecule has 7 nitrogen and oxygen atoms in total. The molecule has 2 heterocycles. The van der Waals surface area contributed by atoms with Gasteiger partial charge in [0.25, 0.3) is 0 Å². The van der Waals surface area contributed by atoms with Gasteiger partial charge in [0.1, 0.15) is 29.9 Å². The minimum Gasteiger partial charge on any atom is -0.485 e. The van der Waals surface area contributed by atoms with Crippen molar-refractivity contribution in [3.8, 4) is 28.7 Å². The summed E-state index contributed by atoms with van der Waals surface area (Å²) < 4.78 is 12.8. The molecule has 0 saturated carbocycles. The zero-order valence-electron chi connectivity index (χ0n) is 18.5. The molecule has 2 aromatic carbocycles. The van der Waals surface area contributed by atoms with Gasteiger partial charge in [-0.05, 0) is 42.3 Å². The maximum atomic E-state index is 9.92. The van der Waals surface area contributed by atoms with Crippen molar-refractivity contribution >= 4 is 0 Å². The number of rotatable bonds is 7. The SMILES string of the molecule is C[C@H](O)c1nccn1C(C#Cc1ccc(-c2ccc(O[C@@H]3COC[C@H]3O)cc2)cc1)CCO. The first-order valence-electron chi connectivity index (χ1n) is 11.0. The molecular formula is C26H28N2O5. The standard InChI is InChI=1S/C26H28N2O5/c1-18(30)26-27-13-14-28(26)22(12-15-29)9-4-19-2-5-20(6-3-19)21-7-10-23(11-8-21)33-25-17-32-16-24(25)31/h2-3,5-8,10-11,13-14,18,22,24-25,29-31H,12,15-17H2,1H3/t18-,22?,24+,25+/m0/s1. The van der Waals surface area contributed by atoms with Gasteiger partial charge < -0.3 is 29.4 Å². The molecule has 172 valence electrons. The molecule has 1 saturated heterocycles. The number of imidazole rings is 1. The summed E-state index contributed by atoms with van der Waals surface area (Å²) in [6, 6.07) is 15.4. The summed E-state index contributed by atoms with van der Waals surface area (Å²) in [5.74, 6) is 7.59. The van der Waals surface area contributed by atoms with E-state index < -0.39 is 12.2 Å². The summed E-state index contributed by atoms with van der Waals surface area (Å²) in [6.07, 6.45) is 2.21. The fraction of sp³-hybridized carbons (Fsp3) is 0.346. The van der Waals surface area contributed by atoms with Gasteiger partial charge >= 0.3 is 0 Å². The zero-order chi connectivity index (χ0) is 23.2. The van der Waals surface area contributed by atoms with Crippen molar-refractivity contribution in [2.45, 2.75) is 37.7 Å². The lowest BCUT2D eigenvalue weighted by Crippen LogP contribution is -2.29. The van der Waals surface area contributed by atoms with E-state index >= 15 is 0 Å². The van der Waals surface area contributed by atoms with E-state index in [2.05, 4.69) is 16.8 Å². The second-order valence-corrected chi connectivity index (χ2v) is 8.03. The molecule has 1 aliphatic heterocycles. The summed E-state index contributed by atoms with van der Waals surface area (Å²) in [5, 5.41) is 29.2. The zero-order valence-corrected chi connectivity index (χ0v) is 18.5. The molecule has 0 amide bonds. The van der Waals surface area contributed by atoms with Gasteiger partial charge in [-0.1, -0.05) is 36.1 Å². The van der Waals surface area contributed by atoms with Crippen LogP contribution in [0.3, 0.4) is 0 Å². The molecule has 1 unspecified atom stereocenters. The first-order valence-corrected chi connectivity index (χ1v) is 11.0. The van der Waals surface area contributed by atoms with Crippen LogP contribution in [-0.2, 0) is 4.74 Å². The van der Waals surface area contributed by atoms with Crippen LogP contribution in [0.4, 0.5) is 0 Å². The lowest BCUT2D eigenvalue weighted by atomic mass is 10.0. The minimum atomic E-state index is -0.712. The monoisotopic (exact) mass is 448 g/mol. The Kier molecular flexibility index (Phi) is 7.43. The van der Waals surface area contributed by atoms with Crippen LogP contribution in [0.1, 0.15) is 36.9 Å². The Balaban J connectivity index is 1.45. The van der Waals surface area contributed by atoms with E-state index in [1.165, 1.54) is 0 Å². The molecule has 3 aromatic rings. The molecule has 0 radical (unpaired) electrons. The third-order valence-corrected chi connectivity index (χ3v) is 5.55. The van der Waals surface area contributed by atoms with E-state index in [1.807, 2.05) is 53.1 Å². The Hall–Kier alpha value is -3.15. The average Bonchev–Trinajstić information content (AvgIpc) is 3.47. The number of aromatic nitrogens is 2. The maximum absolute atomic E-state index is 9.92. The van der Waals surface area contributed by atoms with Gasteiger partial charge in [-0.25, -0.2) is 4.98 Å². The van der Waals surface area contributed by atoms with Crippen molar-refractivity contribution in [1.29, 1.82) is 0 Å². The predicted octanol–water partition coefficient (Wildman–Crippen LogP) is 2.72. The molecule has 0 bridgehead atoms. The Morgan fingerprint density at radius 2 is 1.82 bits per heavy atom. The molecule has 4 rings (SSSR count). The van der Waals surface area contributed by atoms with Gasteiger partial charge in [0, 0.05) is 31.0 Å². The van der Waals surface area contributed by atoms with Crippen molar-refractivity contribution in [1.82, 2.24) is 9.55 Å². The minimum absolute atomic E-state index is 0.0118. The first kappa shape index (κ1) is 23.0. The number of aliphatic hydroxyl groups excluding tert-OH is 3. The second kappa shape index (κ2) is 10.6. The van der Waals surface area contributed by atoms with E-state index in [1.54, 1.807) is 19.3 Å². The molecule has 33 heavy (non-hydrogen) atoms. The molecule has 1 aliphatic rings. The van der Waals surface area contributed by atoms with Crippen molar-refractivity contribution < 1.29 is 24.8 Å². The highest BCUT2D eigenvalue weighted by atomic mass is 16.6. The third kappa shape index (κ3) is 5.62. The van der Waals surface area contributed by atoms with Crippen LogP contribution in [0.25, 0.3) is 11.1 Å². The predicted molar refractivity (Wildman–Crippen MR) is 124 cm³/mol. The highest BCUT2D eigenvalue weighted by molar-refractivity contribution is 5.65. The Labute approximate surface area is 193 Å². The largest absolute Gasteiger partial charge is 0.485 e. The van der Waals surface area contributed by atoms with Crippen LogP contribution in [0.2, 0.25) is 0 Å². The van der Waals surface area contributed by atoms with Crippen LogP contribution in [-0.4, -0.2) is 56.9 Å². The van der Waals surface area contributed by atoms with Crippen LogP contribution in [0.15, 0.2) is 60.9 Å². The van der Waals surface area contributed by atoms with E-state index in [4.69, 9.17) is 9.47 Å². The first-order chi connectivity index (χ1) is 16.0. The topological polar surface area (TPSA) is 97.0 Å². The van der Waals surface area contributed by atoms with Gasteiger partial charge in [0.2, 0.25) is 0 Å². The van der Waals surface area contributed by atoms with E-state index in [9.17, 15) is 15.3 Å². The van der Waals surface area contributed by atoms with E-state index in [0.717, 1.165) is 16.7 Å². The summed E-state index contributed by atoms with van der Waals surface area (Å²) in [7, 11) is 0. The molecular weight excluding hydrogens is 420 g/mol. The number of ether oxygens (including phenoxy) is 2. The van der Waals surface area contributed by atoms with Gasteiger partial charge in [0.15, 0.2) is 0 Å². The van der Waals surface area contributed by atoms with Crippen LogP contribution in [0.5, 0.6) is 5.75 Å². The lowest BCUT2D eigenvalue weighted by Gasteiger charge is -2.16. The molecule has 7 heteroatoms. The summed E-state index contributed by atoms with van der Waals surface area (Å²) in [5.41, 5.74) is 2.95. The third-order valence-electron chi connectivity index (χ3n) is 5.55. The summed E-state index contributed by atoms with van der Waals surface area (Å²) in [4.78, 5) is 4.19. The van der Waals surface area contributed by atoms with Crippen molar-refractivity contribution in [3.63, 3.8) is 0 Å². The van der Waals surface area contributed by atoms with Gasteiger partial charge in [-0.15, -0.1) is 0 Å². The highest BCUT2D eigenvalue weighted by Crippen LogP contribution is 2.25. The molecule has 1 fully saturated rings. The summed E-state index contributed by atoms with van der Waals surface area (Å²) >= 11 is 0. The van der Waals surface area contributed by atoms with Crippen molar-refractivity contribution in [2.24, 2.45) is 0 Å². The number of hydrogen-bond donors (Lipinski definition) is 3. The Morgan fingerprint density at radius 1 is 1.12 bits per heavy atom. The van der Waals surface area contributed by atoms with Crippen molar-refractivity contribution in [3.05, 3.63) is 72.3 Å². The molecule has 1 aromatic heterocycles. The fourth-order valence-electron chi connectivity index (χ4n) is 3.76. The molecule has 3 N–H and O–H groups in total. The molecule has 4 atom stereocenters. The number of aliphatic hydroxyl groups is 3. The maximum Gasteiger partial charge on any atom is 0.150 e. The van der Waals surface area contributed by atoms with Crippen LogP contribution in [0, 0.1) is 11.8 Å².